The zero-order chi connectivity index (χ0) is 10.7. The number of hydrogen-bond acceptors (Lipinski definition) is 2. The summed E-state index contributed by atoms with van der Waals surface area (Å²) in [7, 11) is 0. The van der Waals surface area contributed by atoms with Gasteiger partial charge in [-0.25, -0.2) is 0 Å². The van der Waals surface area contributed by atoms with Crippen LogP contribution in [0.1, 0.15) is 31.7 Å². The molecule has 2 nitrogen and oxygen atoms in total. The Balaban J connectivity index is 2.04. The molecule has 0 saturated carbocycles. The van der Waals surface area contributed by atoms with E-state index in [1.54, 1.807) is 0 Å². The first-order chi connectivity index (χ1) is 7.29. The third-order valence-corrected chi connectivity index (χ3v) is 3.05. The van der Waals surface area contributed by atoms with Crippen molar-refractivity contribution in [2.75, 3.05) is 0 Å². The first-order valence-electron chi connectivity index (χ1n) is 5.28. The third kappa shape index (κ3) is 2.59. The number of oxime groups is 1. The molecule has 1 atom stereocenters. The highest BCUT2D eigenvalue weighted by Crippen LogP contribution is 2.21. The van der Waals surface area contributed by atoms with E-state index in [0.717, 1.165) is 35.0 Å². The molecule has 0 aromatic heterocycles. The van der Waals surface area contributed by atoms with Gasteiger partial charge in [0.25, 0.3) is 0 Å². The molecule has 1 aliphatic heterocycles. The van der Waals surface area contributed by atoms with E-state index in [0.29, 0.717) is 0 Å². The topological polar surface area (TPSA) is 21.6 Å². The Bertz CT molecular complexity index is 358. The van der Waals surface area contributed by atoms with Crippen molar-refractivity contribution in [1.82, 2.24) is 0 Å². The number of benzene rings is 1. The molecule has 0 fully saturated rings. The minimum absolute atomic E-state index is 0.286. The van der Waals surface area contributed by atoms with Crippen molar-refractivity contribution < 1.29 is 4.84 Å². The summed E-state index contributed by atoms with van der Waals surface area (Å²) in [6, 6.07) is 8.21. The first kappa shape index (κ1) is 10.7. The van der Waals surface area contributed by atoms with E-state index < -0.39 is 0 Å². The largest absolute Gasteiger partial charge is 0.392 e. The van der Waals surface area contributed by atoms with Crippen LogP contribution in [0, 0.1) is 0 Å². The van der Waals surface area contributed by atoms with Crippen LogP contribution in [0.4, 0.5) is 0 Å². The Labute approximate surface area is 98.4 Å². The standard InChI is InChI=1S/C12H14BrNO/c1-2-3-11-8-12(14-15-11)9-4-6-10(13)7-5-9/h4-7,11H,2-3,8H2,1H3/t11-/m0/s1. The summed E-state index contributed by atoms with van der Waals surface area (Å²) in [4.78, 5) is 5.37. The molecule has 0 unspecified atom stereocenters. The smallest absolute Gasteiger partial charge is 0.133 e. The average molecular weight is 268 g/mol. The molecule has 1 aliphatic rings. The fourth-order valence-electron chi connectivity index (χ4n) is 1.72. The van der Waals surface area contributed by atoms with Crippen molar-refractivity contribution in [2.24, 2.45) is 5.16 Å². The van der Waals surface area contributed by atoms with Crippen LogP contribution < -0.4 is 0 Å². The van der Waals surface area contributed by atoms with E-state index in [1.165, 1.54) is 0 Å². The average Bonchev–Trinajstić information content (AvgIpc) is 2.68. The first-order valence-corrected chi connectivity index (χ1v) is 6.07. The van der Waals surface area contributed by atoms with E-state index in [9.17, 15) is 0 Å². The van der Waals surface area contributed by atoms with Crippen LogP contribution in [0.25, 0.3) is 0 Å². The summed E-state index contributed by atoms with van der Waals surface area (Å²) >= 11 is 3.42. The Morgan fingerprint density at radius 1 is 1.40 bits per heavy atom. The van der Waals surface area contributed by atoms with Gasteiger partial charge in [0.05, 0.1) is 5.71 Å². The molecule has 2 rings (SSSR count). The molecule has 1 aromatic rings. The molecular weight excluding hydrogens is 254 g/mol. The molecule has 3 heteroatoms. The van der Waals surface area contributed by atoms with Gasteiger partial charge in [-0.2, -0.15) is 0 Å². The Hall–Kier alpha value is -0.830. The van der Waals surface area contributed by atoms with Gasteiger partial charge in [-0.15, -0.1) is 0 Å². The quantitative estimate of drug-likeness (QED) is 0.818. The lowest BCUT2D eigenvalue weighted by atomic mass is 10.0. The van der Waals surface area contributed by atoms with Gasteiger partial charge < -0.3 is 4.84 Å². The van der Waals surface area contributed by atoms with Gasteiger partial charge in [0.15, 0.2) is 0 Å². The molecule has 1 heterocycles. The molecule has 0 aliphatic carbocycles. The summed E-state index contributed by atoms with van der Waals surface area (Å²) in [6.07, 6.45) is 3.46. The van der Waals surface area contributed by atoms with Crippen molar-refractivity contribution in [3.8, 4) is 0 Å². The lowest BCUT2D eigenvalue weighted by Crippen LogP contribution is -2.07. The fraction of sp³-hybridized carbons (Fsp3) is 0.417. The Kier molecular flexibility index (Phi) is 3.41. The summed E-state index contributed by atoms with van der Waals surface area (Å²) in [5.74, 6) is 0. The van der Waals surface area contributed by atoms with E-state index in [1.807, 2.05) is 12.1 Å². The van der Waals surface area contributed by atoms with Crippen LogP contribution in [0.3, 0.4) is 0 Å². The van der Waals surface area contributed by atoms with Gasteiger partial charge in [0.1, 0.15) is 6.10 Å². The summed E-state index contributed by atoms with van der Waals surface area (Å²) in [5, 5.41) is 4.14. The second kappa shape index (κ2) is 4.79. The minimum atomic E-state index is 0.286. The molecule has 15 heavy (non-hydrogen) atoms. The molecule has 0 amide bonds. The van der Waals surface area contributed by atoms with Crippen LogP contribution in [-0.4, -0.2) is 11.8 Å². The van der Waals surface area contributed by atoms with Crippen LogP contribution in [0.2, 0.25) is 0 Å². The maximum Gasteiger partial charge on any atom is 0.133 e. The van der Waals surface area contributed by atoms with Crippen molar-refractivity contribution in [3.05, 3.63) is 34.3 Å². The summed E-state index contributed by atoms with van der Waals surface area (Å²) in [5.41, 5.74) is 2.23. The molecular formula is C12H14BrNO. The maximum absolute atomic E-state index is 5.37. The zero-order valence-corrected chi connectivity index (χ0v) is 10.3. The normalized spacial score (nSPS) is 19.9. The Morgan fingerprint density at radius 3 is 2.80 bits per heavy atom. The highest BCUT2D eigenvalue weighted by molar-refractivity contribution is 9.10. The summed E-state index contributed by atoms with van der Waals surface area (Å²) < 4.78 is 1.09. The van der Waals surface area contributed by atoms with Gasteiger partial charge in [0, 0.05) is 10.9 Å². The number of rotatable bonds is 3. The predicted molar refractivity (Wildman–Crippen MR) is 65.1 cm³/mol. The van der Waals surface area contributed by atoms with Crippen molar-refractivity contribution in [1.29, 1.82) is 0 Å². The van der Waals surface area contributed by atoms with E-state index in [-0.39, 0.29) is 6.10 Å². The molecule has 0 bridgehead atoms. The van der Waals surface area contributed by atoms with E-state index >= 15 is 0 Å². The second-order valence-corrected chi connectivity index (χ2v) is 4.68. The van der Waals surface area contributed by atoms with Crippen molar-refractivity contribution in [3.63, 3.8) is 0 Å². The van der Waals surface area contributed by atoms with Gasteiger partial charge in [-0.05, 0) is 24.1 Å². The summed E-state index contributed by atoms with van der Waals surface area (Å²) in [6.45, 7) is 2.17. The maximum atomic E-state index is 5.37. The molecule has 80 valence electrons. The molecule has 0 radical (unpaired) electrons. The highest BCUT2D eigenvalue weighted by atomic mass is 79.9. The molecule has 0 spiro atoms. The van der Waals surface area contributed by atoms with Gasteiger partial charge in [-0.1, -0.05) is 46.6 Å². The lowest BCUT2D eigenvalue weighted by molar-refractivity contribution is 0.0786. The van der Waals surface area contributed by atoms with Crippen LogP contribution >= 0.6 is 15.9 Å². The Morgan fingerprint density at radius 2 is 2.13 bits per heavy atom. The zero-order valence-electron chi connectivity index (χ0n) is 8.74. The third-order valence-electron chi connectivity index (χ3n) is 2.52. The highest BCUT2D eigenvalue weighted by Gasteiger charge is 2.20. The monoisotopic (exact) mass is 267 g/mol. The minimum Gasteiger partial charge on any atom is -0.392 e. The SMILES string of the molecule is CCC[C@H]1CC(c2ccc(Br)cc2)=NO1. The number of nitrogens with zero attached hydrogens (tertiary/aromatic N) is 1. The van der Waals surface area contributed by atoms with Crippen LogP contribution in [0.5, 0.6) is 0 Å². The van der Waals surface area contributed by atoms with Crippen molar-refractivity contribution in [2.45, 2.75) is 32.3 Å². The van der Waals surface area contributed by atoms with Gasteiger partial charge in [-0.3, -0.25) is 0 Å². The van der Waals surface area contributed by atoms with Crippen LogP contribution in [-0.2, 0) is 4.84 Å². The van der Waals surface area contributed by atoms with E-state index in [2.05, 4.69) is 40.1 Å². The molecule has 0 N–H and O–H groups in total. The lowest BCUT2D eigenvalue weighted by Gasteiger charge is -2.04. The van der Waals surface area contributed by atoms with Gasteiger partial charge in [0.2, 0.25) is 0 Å². The number of halogens is 1. The van der Waals surface area contributed by atoms with Crippen molar-refractivity contribution >= 4 is 21.6 Å². The molecule has 1 aromatic carbocycles. The van der Waals surface area contributed by atoms with E-state index in [4.69, 9.17) is 4.84 Å². The fourth-order valence-corrected chi connectivity index (χ4v) is 1.98. The predicted octanol–water partition coefficient (Wildman–Crippen LogP) is 3.74. The second-order valence-electron chi connectivity index (χ2n) is 3.77. The molecule has 0 saturated heterocycles. The van der Waals surface area contributed by atoms with Crippen LogP contribution in [0.15, 0.2) is 33.9 Å². The van der Waals surface area contributed by atoms with Gasteiger partial charge >= 0.3 is 0 Å². The number of hydrogen-bond donors (Lipinski definition) is 0.